The van der Waals surface area contributed by atoms with Crippen molar-refractivity contribution < 1.29 is 18.7 Å². The molecule has 7 nitrogen and oxygen atoms in total. The number of carbonyl (C=O) groups is 2. The van der Waals surface area contributed by atoms with E-state index >= 15 is 0 Å². The van der Waals surface area contributed by atoms with Crippen LogP contribution in [0.3, 0.4) is 0 Å². The lowest BCUT2D eigenvalue weighted by atomic mass is 10.3. The zero-order valence-electron chi connectivity index (χ0n) is 12.2. The fourth-order valence-corrected chi connectivity index (χ4v) is 2.22. The van der Waals surface area contributed by atoms with Gasteiger partial charge in [-0.3, -0.25) is 14.5 Å². The number of piperazine rings is 1. The average Bonchev–Trinajstić information content (AvgIpc) is 3.02. The van der Waals surface area contributed by atoms with E-state index in [-0.39, 0.29) is 11.8 Å². The van der Waals surface area contributed by atoms with Gasteiger partial charge in [-0.2, -0.15) is 0 Å². The largest absolute Gasteiger partial charge is 0.459 e. The smallest absolute Gasteiger partial charge is 0.289 e. The number of furan rings is 1. The second kappa shape index (κ2) is 7.80. The van der Waals surface area contributed by atoms with Crippen LogP contribution in [-0.4, -0.2) is 74.6 Å². The van der Waals surface area contributed by atoms with Crippen molar-refractivity contribution in [3.8, 4) is 0 Å². The first-order chi connectivity index (χ1) is 10.2. The van der Waals surface area contributed by atoms with Gasteiger partial charge in [-0.05, 0) is 12.1 Å². The summed E-state index contributed by atoms with van der Waals surface area (Å²) in [5.41, 5.74) is 0. The second-order valence-corrected chi connectivity index (χ2v) is 4.89. The molecule has 0 radical (unpaired) electrons. The lowest BCUT2D eigenvalue weighted by Gasteiger charge is -2.33. The number of hydrogen-bond donors (Lipinski definition) is 1. The van der Waals surface area contributed by atoms with Crippen LogP contribution >= 0.6 is 0 Å². The van der Waals surface area contributed by atoms with E-state index in [1.54, 1.807) is 24.1 Å². The minimum absolute atomic E-state index is 0.0159. The number of rotatable bonds is 6. The van der Waals surface area contributed by atoms with Gasteiger partial charge < -0.3 is 19.4 Å². The lowest BCUT2D eigenvalue weighted by molar-refractivity contribution is -0.122. The van der Waals surface area contributed by atoms with E-state index < -0.39 is 0 Å². The molecule has 1 fully saturated rings. The third-order valence-electron chi connectivity index (χ3n) is 3.39. The van der Waals surface area contributed by atoms with Gasteiger partial charge in [0.15, 0.2) is 5.76 Å². The summed E-state index contributed by atoms with van der Waals surface area (Å²) in [6.45, 7) is 3.96. The molecule has 116 valence electrons. The molecule has 1 aliphatic rings. The van der Waals surface area contributed by atoms with Crippen LogP contribution in [0.2, 0.25) is 0 Å². The van der Waals surface area contributed by atoms with Crippen LogP contribution in [0.4, 0.5) is 0 Å². The molecule has 1 aromatic heterocycles. The molecule has 0 spiro atoms. The van der Waals surface area contributed by atoms with Gasteiger partial charge in [-0.15, -0.1) is 0 Å². The fraction of sp³-hybridized carbons (Fsp3) is 0.571. The number of amides is 2. The molecular weight excluding hydrogens is 274 g/mol. The Morgan fingerprint density at radius 2 is 2.10 bits per heavy atom. The fourth-order valence-electron chi connectivity index (χ4n) is 2.22. The van der Waals surface area contributed by atoms with Crippen molar-refractivity contribution in [1.29, 1.82) is 0 Å². The first-order valence-corrected chi connectivity index (χ1v) is 7.01. The first kappa shape index (κ1) is 15.5. The van der Waals surface area contributed by atoms with Gasteiger partial charge in [0.2, 0.25) is 5.91 Å². The molecule has 7 heteroatoms. The molecule has 2 rings (SSSR count). The van der Waals surface area contributed by atoms with E-state index in [2.05, 4.69) is 5.32 Å². The number of ether oxygens (including phenoxy) is 1. The summed E-state index contributed by atoms with van der Waals surface area (Å²) in [6, 6.07) is 3.37. The molecular formula is C14H21N3O4. The van der Waals surface area contributed by atoms with E-state index in [0.29, 0.717) is 51.6 Å². The maximum absolute atomic E-state index is 12.1. The molecule has 2 amide bonds. The van der Waals surface area contributed by atoms with E-state index in [4.69, 9.17) is 9.15 Å². The molecule has 0 aliphatic carbocycles. The molecule has 1 N–H and O–H groups in total. The predicted octanol–water partition coefficient (Wildman–Crippen LogP) is -0.200. The van der Waals surface area contributed by atoms with Gasteiger partial charge in [0.1, 0.15) is 0 Å². The molecule has 1 aromatic rings. The Bertz CT molecular complexity index is 453. The number of nitrogens with zero attached hydrogens (tertiary/aromatic N) is 2. The van der Waals surface area contributed by atoms with Gasteiger partial charge >= 0.3 is 0 Å². The number of carbonyl (C=O) groups excluding carboxylic acids is 2. The topological polar surface area (TPSA) is 75.0 Å². The molecule has 0 saturated carbocycles. The molecule has 1 aliphatic heterocycles. The van der Waals surface area contributed by atoms with Crippen LogP contribution in [-0.2, 0) is 9.53 Å². The molecule has 1 saturated heterocycles. The van der Waals surface area contributed by atoms with Crippen LogP contribution in [0.15, 0.2) is 22.8 Å². The monoisotopic (exact) mass is 295 g/mol. The van der Waals surface area contributed by atoms with Crippen LogP contribution < -0.4 is 5.32 Å². The standard InChI is InChI=1S/C14H21N3O4/c1-20-10-4-15-13(18)11-16-5-7-17(8-6-16)14(19)12-3-2-9-21-12/h2-3,9H,4-8,10-11H2,1H3,(H,15,18). The average molecular weight is 295 g/mol. The minimum atomic E-state index is -0.0933. The van der Waals surface area contributed by atoms with Crippen LogP contribution in [0.25, 0.3) is 0 Å². The highest BCUT2D eigenvalue weighted by atomic mass is 16.5. The summed E-state index contributed by atoms with van der Waals surface area (Å²) in [4.78, 5) is 27.6. The maximum Gasteiger partial charge on any atom is 0.289 e. The highest BCUT2D eigenvalue weighted by Crippen LogP contribution is 2.09. The maximum atomic E-state index is 12.1. The summed E-state index contributed by atoms with van der Waals surface area (Å²) in [5.74, 6) is 0.253. The zero-order chi connectivity index (χ0) is 15.1. The summed E-state index contributed by atoms with van der Waals surface area (Å²) >= 11 is 0. The van der Waals surface area contributed by atoms with E-state index in [1.807, 2.05) is 4.90 Å². The van der Waals surface area contributed by atoms with Crippen molar-refractivity contribution in [2.24, 2.45) is 0 Å². The van der Waals surface area contributed by atoms with Crippen molar-refractivity contribution in [3.05, 3.63) is 24.2 Å². The normalized spacial score (nSPS) is 16.0. The number of hydrogen-bond acceptors (Lipinski definition) is 5. The highest BCUT2D eigenvalue weighted by molar-refractivity contribution is 5.91. The number of methoxy groups -OCH3 is 1. The van der Waals surface area contributed by atoms with Crippen molar-refractivity contribution in [2.75, 3.05) is 53.0 Å². The van der Waals surface area contributed by atoms with Gasteiger partial charge in [-0.25, -0.2) is 0 Å². The molecule has 0 unspecified atom stereocenters. The Balaban J connectivity index is 1.71. The first-order valence-electron chi connectivity index (χ1n) is 7.01. The quantitative estimate of drug-likeness (QED) is 0.736. The summed E-state index contributed by atoms with van der Waals surface area (Å²) in [5, 5.41) is 2.79. The minimum Gasteiger partial charge on any atom is -0.459 e. The van der Waals surface area contributed by atoms with Crippen molar-refractivity contribution in [3.63, 3.8) is 0 Å². The molecule has 21 heavy (non-hydrogen) atoms. The third-order valence-corrected chi connectivity index (χ3v) is 3.39. The Labute approximate surface area is 123 Å². The SMILES string of the molecule is COCCNC(=O)CN1CCN(C(=O)c2ccco2)CC1. The van der Waals surface area contributed by atoms with Crippen LogP contribution in [0.5, 0.6) is 0 Å². The molecule has 0 atom stereocenters. The van der Waals surface area contributed by atoms with Crippen molar-refractivity contribution in [1.82, 2.24) is 15.1 Å². The third kappa shape index (κ3) is 4.57. The van der Waals surface area contributed by atoms with Crippen LogP contribution in [0, 0.1) is 0 Å². The molecule has 2 heterocycles. The Morgan fingerprint density at radius 3 is 2.71 bits per heavy atom. The van der Waals surface area contributed by atoms with E-state index in [0.717, 1.165) is 0 Å². The summed E-state index contributed by atoms with van der Waals surface area (Å²) in [6.07, 6.45) is 1.49. The second-order valence-electron chi connectivity index (χ2n) is 4.89. The van der Waals surface area contributed by atoms with Gasteiger partial charge in [0.25, 0.3) is 5.91 Å². The van der Waals surface area contributed by atoms with Gasteiger partial charge in [-0.1, -0.05) is 0 Å². The summed E-state index contributed by atoms with van der Waals surface area (Å²) < 4.78 is 9.99. The van der Waals surface area contributed by atoms with Gasteiger partial charge in [0, 0.05) is 39.8 Å². The number of nitrogens with one attached hydrogen (secondary N) is 1. The van der Waals surface area contributed by atoms with Crippen molar-refractivity contribution >= 4 is 11.8 Å². The zero-order valence-corrected chi connectivity index (χ0v) is 12.2. The molecule has 0 bridgehead atoms. The van der Waals surface area contributed by atoms with E-state index in [9.17, 15) is 9.59 Å². The Hall–Kier alpha value is -1.86. The Morgan fingerprint density at radius 1 is 1.33 bits per heavy atom. The lowest BCUT2D eigenvalue weighted by Crippen LogP contribution is -2.51. The van der Waals surface area contributed by atoms with Crippen LogP contribution in [0.1, 0.15) is 10.6 Å². The van der Waals surface area contributed by atoms with Gasteiger partial charge in [0.05, 0.1) is 19.4 Å². The highest BCUT2D eigenvalue weighted by Gasteiger charge is 2.24. The Kier molecular flexibility index (Phi) is 5.77. The summed E-state index contributed by atoms with van der Waals surface area (Å²) in [7, 11) is 1.60. The van der Waals surface area contributed by atoms with E-state index in [1.165, 1.54) is 6.26 Å². The van der Waals surface area contributed by atoms with Crippen molar-refractivity contribution in [2.45, 2.75) is 0 Å². The molecule has 0 aromatic carbocycles. The predicted molar refractivity (Wildman–Crippen MR) is 75.9 cm³/mol.